The first-order valence-electron chi connectivity index (χ1n) is 10.8. The number of carbonyl (C=O) groups is 2. The lowest BCUT2D eigenvalue weighted by atomic mass is 9.98. The maximum absolute atomic E-state index is 13.2. The fraction of sp³-hybridized carbons (Fsp3) is 0.391. The number of anilines is 1. The number of sulfone groups is 1. The molecule has 2 amide bonds. The van der Waals surface area contributed by atoms with Crippen LogP contribution in [0.3, 0.4) is 0 Å². The molecule has 0 radical (unpaired) electrons. The van der Waals surface area contributed by atoms with Crippen LogP contribution in [0.25, 0.3) is 0 Å². The SMILES string of the molecule is Cc1ccc(NC(=O)CCCOc2ccc(S(=O)(=O)C3(C(=O)NO)CCOCC3)cc2)cc1I. The van der Waals surface area contributed by atoms with Crippen molar-refractivity contribution in [3.63, 3.8) is 0 Å². The topological polar surface area (TPSA) is 131 Å². The van der Waals surface area contributed by atoms with Crippen molar-refractivity contribution in [1.82, 2.24) is 5.48 Å². The van der Waals surface area contributed by atoms with Crippen LogP contribution in [0.2, 0.25) is 0 Å². The minimum atomic E-state index is -4.08. The van der Waals surface area contributed by atoms with Crippen LogP contribution in [0.4, 0.5) is 5.69 Å². The van der Waals surface area contributed by atoms with Gasteiger partial charge >= 0.3 is 0 Å². The van der Waals surface area contributed by atoms with Gasteiger partial charge in [0.25, 0.3) is 5.91 Å². The molecule has 0 aliphatic carbocycles. The maximum atomic E-state index is 13.2. The summed E-state index contributed by atoms with van der Waals surface area (Å²) in [7, 11) is -4.08. The van der Waals surface area contributed by atoms with Gasteiger partial charge in [0.05, 0.1) is 11.5 Å². The Hall–Kier alpha value is -2.22. The van der Waals surface area contributed by atoms with Gasteiger partial charge in [0, 0.05) is 28.9 Å². The molecule has 0 unspecified atom stereocenters. The van der Waals surface area contributed by atoms with E-state index in [0.717, 1.165) is 14.8 Å². The van der Waals surface area contributed by atoms with Gasteiger partial charge in [-0.25, -0.2) is 13.9 Å². The predicted octanol–water partition coefficient (Wildman–Crippen LogP) is 3.23. The van der Waals surface area contributed by atoms with Crippen molar-refractivity contribution in [3.8, 4) is 5.75 Å². The molecule has 2 aromatic rings. The average Bonchev–Trinajstić information content (AvgIpc) is 2.84. The normalized spacial score (nSPS) is 15.4. The van der Waals surface area contributed by atoms with Gasteiger partial charge in [0.15, 0.2) is 14.6 Å². The fourth-order valence-electron chi connectivity index (χ4n) is 3.68. The highest BCUT2D eigenvalue weighted by molar-refractivity contribution is 14.1. The number of benzene rings is 2. The van der Waals surface area contributed by atoms with E-state index < -0.39 is 20.5 Å². The Bertz CT molecular complexity index is 1130. The zero-order chi connectivity index (χ0) is 24.8. The Kier molecular flexibility index (Phi) is 8.90. The van der Waals surface area contributed by atoms with Crippen LogP contribution in [0.15, 0.2) is 47.4 Å². The molecular weight excluding hydrogens is 575 g/mol. The van der Waals surface area contributed by atoms with E-state index in [4.69, 9.17) is 14.7 Å². The third kappa shape index (κ3) is 5.88. The summed E-state index contributed by atoms with van der Waals surface area (Å²) in [6.45, 7) is 2.48. The molecule has 0 aromatic heterocycles. The number of ether oxygens (including phenoxy) is 2. The Balaban J connectivity index is 1.54. The molecule has 184 valence electrons. The number of nitrogens with one attached hydrogen (secondary N) is 2. The highest BCUT2D eigenvalue weighted by Gasteiger charge is 2.52. The molecule has 1 fully saturated rings. The van der Waals surface area contributed by atoms with Crippen molar-refractivity contribution in [3.05, 3.63) is 51.6 Å². The first-order chi connectivity index (χ1) is 16.2. The molecule has 3 rings (SSSR count). The largest absolute Gasteiger partial charge is 0.494 e. The van der Waals surface area contributed by atoms with Crippen LogP contribution >= 0.6 is 22.6 Å². The van der Waals surface area contributed by atoms with Gasteiger partial charge in [0.2, 0.25) is 5.91 Å². The molecule has 11 heteroatoms. The van der Waals surface area contributed by atoms with E-state index in [2.05, 4.69) is 27.9 Å². The van der Waals surface area contributed by atoms with Crippen molar-refractivity contribution in [2.75, 3.05) is 25.1 Å². The van der Waals surface area contributed by atoms with Crippen molar-refractivity contribution < 1.29 is 32.7 Å². The summed E-state index contributed by atoms with van der Waals surface area (Å²) in [6.07, 6.45) is 0.653. The Labute approximate surface area is 212 Å². The zero-order valence-corrected chi connectivity index (χ0v) is 21.6. The molecule has 0 atom stereocenters. The molecule has 1 aliphatic rings. The number of hydrogen-bond acceptors (Lipinski definition) is 7. The molecule has 2 aromatic carbocycles. The molecular formula is C23H27IN2O7S. The number of rotatable bonds is 9. The van der Waals surface area contributed by atoms with E-state index >= 15 is 0 Å². The molecule has 0 saturated carbocycles. The molecule has 0 spiro atoms. The molecule has 3 N–H and O–H groups in total. The first kappa shape index (κ1) is 26.4. The quantitative estimate of drug-likeness (QED) is 0.174. The predicted molar refractivity (Wildman–Crippen MR) is 134 cm³/mol. The Morgan fingerprint density at radius 1 is 1.15 bits per heavy atom. The van der Waals surface area contributed by atoms with Crippen molar-refractivity contribution in [1.29, 1.82) is 0 Å². The number of carbonyl (C=O) groups excluding carboxylic acids is 2. The second-order valence-corrected chi connectivity index (χ2v) is 11.4. The summed E-state index contributed by atoms with van der Waals surface area (Å²) in [6, 6.07) is 11.5. The second-order valence-electron chi connectivity index (χ2n) is 7.99. The molecule has 0 bridgehead atoms. The van der Waals surface area contributed by atoms with Crippen LogP contribution in [0, 0.1) is 10.5 Å². The van der Waals surface area contributed by atoms with E-state index in [1.807, 2.05) is 25.1 Å². The van der Waals surface area contributed by atoms with Gasteiger partial charge in [0.1, 0.15) is 5.75 Å². The lowest BCUT2D eigenvalue weighted by molar-refractivity contribution is -0.134. The zero-order valence-electron chi connectivity index (χ0n) is 18.7. The summed E-state index contributed by atoms with van der Waals surface area (Å²) >= 11 is 2.22. The van der Waals surface area contributed by atoms with E-state index in [-0.39, 0.29) is 49.9 Å². The van der Waals surface area contributed by atoms with Crippen molar-refractivity contribution in [2.45, 2.75) is 42.2 Å². The highest BCUT2D eigenvalue weighted by atomic mass is 127. The molecule has 1 saturated heterocycles. The molecule has 1 aliphatic heterocycles. The lowest BCUT2D eigenvalue weighted by Crippen LogP contribution is -2.54. The van der Waals surface area contributed by atoms with Gasteiger partial charge in [-0.05, 0) is 90.7 Å². The third-order valence-corrected chi connectivity index (χ3v) is 9.41. The van der Waals surface area contributed by atoms with Gasteiger partial charge < -0.3 is 14.8 Å². The number of amides is 2. The van der Waals surface area contributed by atoms with Crippen molar-refractivity contribution >= 4 is 49.9 Å². The standard InChI is InChI=1S/C23H27IN2O7S/c1-16-4-5-17(15-20(16)24)25-21(27)3-2-12-33-18-6-8-19(9-7-18)34(30,31)23(22(28)26-29)10-13-32-14-11-23/h4-9,15,29H,2-3,10-14H2,1H3,(H,25,27)(H,26,28). The van der Waals surface area contributed by atoms with E-state index in [0.29, 0.717) is 12.2 Å². The summed E-state index contributed by atoms with van der Waals surface area (Å²) < 4.78 is 36.6. The fourth-order valence-corrected chi connectivity index (χ4v) is 6.13. The van der Waals surface area contributed by atoms with Crippen LogP contribution in [-0.2, 0) is 24.2 Å². The molecule has 9 nitrogen and oxygen atoms in total. The summed E-state index contributed by atoms with van der Waals surface area (Å²) in [5.74, 6) is -0.636. The van der Waals surface area contributed by atoms with Gasteiger partial charge in [-0.2, -0.15) is 0 Å². The summed E-state index contributed by atoms with van der Waals surface area (Å²) in [5, 5.41) is 12.0. The Morgan fingerprint density at radius 3 is 2.44 bits per heavy atom. The van der Waals surface area contributed by atoms with E-state index in [1.165, 1.54) is 29.7 Å². The maximum Gasteiger partial charge on any atom is 0.265 e. The van der Waals surface area contributed by atoms with Crippen LogP contribution in [-0.4, -0.2) is 50.0 Å². The van der Waals surface area contributed by atoms with Crippen molar-refractivity contribution in [2.24, 2.45) is 0 Å². The number of aryl methyl sites for hydroxylation is 1. The average molecular weight is 602 g/mol. The molecule has 1 heterocycles. The van der Waals surface area contributed by atoms with Gasteiger partial charge in [-0.3, -0.25) is 14.8 Å². The number of halogens is 1. The number of hydroxylamine groups is 1. The summed E-state index contributed by atoms with van der Waals surface area (Å²) in [4.78, 5) is 24.4. The summed E-state index contributed by atoms with van der Waals surface area (Å²) in [5.41, 5.74) is 3.38. The second kappa shape index (κ2) is 11.5. The highest BCUT2D eigenvalue weighted by Crippen LogP contribution is 2.35. The lowest BCUT2D eigenvalue weighted by Gasteiger charge is -2.34. The van der Waals surface area contributed by atoms with Gasteiger partial charge in [-0.15, -0.1) is 0 Å². The minimum Gasteiger partial charge on any atom is -0.494 e. The van der Waals surface area contributed by atoms with E-state index in [1.54, 1.807) is 0 Å². The van der Waals surface area contributed by atoms with E-state index in [9.17, 15) is 18.0 Å². The first-order valence-corrected chi connectivity index (χ1v) is 13.3. The van der Waals surface area contributed by atoms with Crippen LogP contribution in [0.1, 0.15) is 31.2 Å². The van der Waals surface area contributed by atoms with Gasteiger partial charge in [-0.1, -0.05) is 6.07 Å². The third-order valence-electron chi connectivity index (χ3n) is 5.74. The Morgan fingerprint density at radius 2 is 1.82 bits per heavy atom. The number of hydrogen-bond donors (Lipinski definition) is 3. The monoisotopic (exact) mass is 602 g/mol. The van der Waals surface area contributed by atoms with Crippen LogP contribution < -0.4 is 15.5 Å². The molecule has 34 heavy (non-hydrogen) atoms. The smallest absolute Gasteiger partial charge is 0.265 e. The van der Waals surface area contributed by atoms with Crippen LogP contribution in [0.5, 0.6) is 5.75 Å². The minimum absolute atomic E-state index is 0.0440.